The van der Waals surface area contributed by atoms with Crippen LogP contribution >= 0.6 is 0 Å². The Morgan fingerprint density at radius 2 is 2.03 bits per heavy atom. The fraction of sp³-hybridized carbons (Fsp3) is 0.500. The van der Waals surface area contributed by atoms with Crippen molar-refractivity contribution in [2.45, 2.75) is 71.5 Å². The second kappa shape index (κ2) is 9.82. The Hall–Kier alpha value is -2.58. The number of unbranched alkanes of at least 4 members (excludes halogenated alkanes) is 1. The van der Waals surface area contributed by atoms with Gasteiger partial charge in [-0.15, -0.1) is 0 Å². The molecule has 0 amide bonds. The molecule has 0 radical (unpaired) electrons. The summed E-state index contributed by atoms with van der Waals surface area (Å²) < 4.78 is 18.9. The van der Waals surface area contributed by atoms with Crippen molar-refractivity contribution in [1.29, 1.82) is 0 Å². The number of nitrogens with zero attached hydrogens (tertiary/aromatic N) is 2. The van der Waals surface area contributed by atoms with Crippen LogP contribution in [0.1, 0.15) is 62.3 Å². The van der Waals surface area contributed by atoms with E-state index in [1.54, 1.807) is 4.57 Å². The summed E-state index contributed by atoms with van der Waals surface area (Å²) in [5.41, 5.74) is 4.44. The van der Waals surface area contributed by atoms with Gasteiger partial charge in [0.2, 0.25) is 0 Å². The van der Waals surface area contributed by atoms with Gasteiger partial charge in [0.15, 0.2) is 6.29 Å². The van der Waals surface area contributed by atoms with Gasteiger partial charge in [-0.25, -0.2) is 4.98 Å². The van der Waals surface area contributed by atoms with E-state index in [-0.39, 0.29) is 12.2 Å². The highest BCUT2D eigenvalue weighted by Crippen LogP contribution is 2.42. The van der Waals surface area contributed by atoms with E-state index in [0.29, 0.717) is 43.9 Å². The van der Waals surface area contributed by atoms with Gasteiger partial charge in [0.05, 0.1) is 43.3 Å². The van der Waals surface area contributed by atoms with Gasteiger partial charge in [0, 0.05) is 28.7 Å². The van der Waals surface area contributed by atoms with Gasteiger partial charge in [-0.05, 0) is 43.9 Å². The maximum absolute atomic E-state index is 13.7. The Labute approximate surface area is 205 Å². The zero-order valence-corrected chi connectivity index (χ0v) is 20.8. The fourth-order valence-corrected chi connectivity index (χ4v) is 5.39. The molecule has 1 N–H and O–H groups in total. The van der Waals surface area contributed by atoms with Crippen LogP contribution in [0, 0.1) is 0 Å². The zero-order chi connectivity index (χ0) is 24.6. The molecule has 3 aromatic rings. The number of benzene rings is 1. The van der Waals surface area contributed by atoms with Crippen molar-refractivity contribution < 1.29 is 19.3 Å². The van der Waals surface area contributed by atoms with Crippen LogP contribution < -0.4 is 5.56 Å². The number of pyridine rings is 2. The van der Waals surface area contributed by atoms with Crippen LogP contribution in [0.3, 0.4) is 0 Å². The molecule has 35 heavy (non-hydrogen) atoms. The third-order valence-corrected chi connectivity index (χ3v) is 7.33. The van der Waals surface area contributed by atoms with Crippen LogP contribution in [0.4, 0.5) is 0 Å². The molecule has 2 atom stereocenters. The highest BCUT2D eigenvalue weighted by Gasteiger charge is 2.46. The number of aryl methyl sites for hydroxylation is 1. The first-order valence-electron chi connectivity index (χ1n) is 12.7. The largest absolute Gasteiger partial charge is 0.380 e. The molecule has 2 aliphatic rings. The minimum absolute atomic E-state index is 0.102. The van der Waals surface area contributed by atoms with Gasteiger partial charge in [0.25, 0.3) is 5.56 Å². The molecule has 2 aromatic heterocycles. The van der Waals surface area contributed by atoms with Gasteiger partial charge in [-0.2, -0.15) is 0 Å². The maximum atomic E-state index is 13.7. The van der Waals surface area contributed by atoms with Crippen LogP contribution in [0.2, 0.25) is 0 Å². The SMILES string of the molecule is CCCCc1c2c(nc3ccccc13)-c1cc3c(c(=O)n1C2)CO[C@@H](OCCOCC)[C@]3(O)CC. The van der Waals surface area contributed by atoms with Crippen molar-refractivity contribution in [3.8, 4) is 11.4 Å². The molecule has 7 heteroatoms. The van der Waals surface area contributed by atoms with E-state index >= 15 is 0 Å². The Balaban J connectivity index is 1.62. The van der Waals surface area contributed by atoms with Gasteiger partial charge < -0.3 is 23.9 Å². The van der Waals surface area contributed by atoms with Crippen molar-refractivity contribution in [3.63, 3.8) is 0 Å². The molecule has 0 fully saturated rings. The lowest BCUT2D eigenvalue weighted by Crippen LogP contribution is -2.49. The van der Waals surface area contributed by atoms with Crippen molar-refractivity contribution in [3.05, 3.63) is 62.9 Å². The van der Waals surface area contributed by atoms with Crippen molar-refractivity contribution >= 4 is 10.9 Å². The molecule has 186 valence electrons. The summed E-state index contributed by atoms with van der Waals surface area (Å²) in [6.07, 6.45) is 2.60. The highest BCUT2D eigenvalue weighted by molar-refractivity contribution is 5.88. The summed E-state index contributed by atoms with van der Waals surface area (Å²) >= 11 is 0. The molecule has 0 spiro atoms. The second-order valence-electron chi connectivity index (χ2n) is 9.34. The summed E-state index contributed by atoms with van der Waals surface area (Å²) in [6.45, 7) is 7.90. The van der Waals surface area contributed by atoms with Crippen molar-refractivity contribution in [2.24, 2.45) is 0 Å². The molecular formula is C28H34N2O5. The number of hydrogen-bond donors (Lipinski definition) is 1. The molecule has 7 nitrogen and oxygen atoms in total. The number of para-hydroxylation sites is 1. The zero-order valence-electron chi connectivity index (χ0n) is 20.8. The molecule has 2 aliphatic heterocycles. The molecular weight excluding hydrogens is 444 g/mol. The van der Waals surface area contributed by atoms with E-state index in [9.17, 15) is 9.90 Å². The van der Waals surface area contributed by atoms with E-state index in [0.717, 1.165) is 47.1 Å². The minimum Gasteiger partial charge on any atom is -0.380 e. The van der Waals surface area contributed by atoms with Crippen molar-refractivity contribution in [2.75, 3.05) is 19.8 Å². The van der Waals surface area contributed by atoms with E-state index in [1.165, 1.54) is 5.56 Å². The van der Waals surface area contributed by atoms with E-state index in [2.05, 4.69) is 13.0 Å². The smallest absolute Gasteiger partial charge is 0.257 e. The summed E-state index contributed by atoms with van der Waals surface area (Å²) in [4.78, 5) is 18.7. The summed E-state index contributed by atoms with van der Waals surface area (Å²) in [6, 6.07) is 10.1. The first-order valence-corrected chi connectivity index (χ1v) is 12.7. The number of rotatable bonds is 9. The quantitative estimate of drug-likeness (QED) is 0.362. The summed E-state index contributed by atoms with van der Waals surface area (Å²) in [5.74, 6) is 0. The van der Waals surface area contributed by atoms with Crippen LogP contribution in [0.25, 0.3) is 22.3 Å². The molecule has 0 saturated carbocycles. The third-order valence-electron chi connectivity index (χ3n) is 7.33. The van der Waals surface area contributed by atoms with Crippen LogP contribution in [-0.2, 0) is 39.4 Å². The molecule has 0 aliphatic carbocycles. The Kier molecular flexibility index (Phi) is 6.77. The van der Waals surface area contributed by atoms with Crippen molar-refractivity contribution in [1.82, 2.24) is 9.55 Å². The molecule has 0 bridgehead atoms. The van der Waals surface area contributed by atoms with Gasteiger partial charge in [-0.1, -0.05) is 38.5 Å². The average molecular weight is 479 g/mol. The van der Waals surface area contributed by atoms with E-state index in [4.69, 9.17) is 19.2 Å². The molecule has 4 heterocycles. The monoisotopic (exact) mass is 478 g/mol. The molecule has 0 saturated heterocycles. The number of aliphatic hydroxyl groups is 1. The summed E-state index contributed by atoms with van der Waals surface area (Å²) in [5, 5.41) is 12.9. The Bertz CT molecular complexity index is 1300. The van der Waals surface area contributed by atoms with Crippen LogP contribution in [-0.4, -0.2) is 40.8 Å². The third kappa shape index (κ3) is 4.00. The second-order valence-corrected chi connectivity index (χ2v) is 9.34. The maximum Gasteiger partial charge on any atom is 0.257 e. The highest BCUT2D eigenvalue weighted by atomic mass is 16.7. The van der Waals surface area contributed by atoms with Gasteiger partial charge in [-0.3, -0.25) is 4.79 Å². The Morgan fingerprint density at radius 3 is 2.80 bits per heavy atom. The fourth-order valence-electron chi connectivity index (χ4n) is 5.39. The molecule has 5 rings (SSSR count). The van der Waals surface area contributed by atoms with Crippen LogP contribution in [0.5, 0.6) is 0 Å². The normalized spacial score (nSPS) is 20.6. The number of hydrogen-bond acceptors (Lipinski definition) is 6. The van der Waals surface area contributed by atoms with Crippen LogP contribution in [0.15, 0.2) is 35.1 Å². The predicted molar refractivity (Wildman–Crippen MR) is 134 cm³/mol. The first kappa shape index (κ1) is 24.1. The number of fused-ring (bicyclic) bond motifs is 5. The predicted octanol–water partition coefficient (Wildman–Crippen LogP) is 4.27. The lowest BCUT2D eigenvalue weighted by atomic mass is 9.85. The molecule has 1 aromatic carbocycles. The Morgan fingerprint density at radius 1 is 1.20 bits per heavy atom. The summed E-state index contributed by atoms with van der Waals surface area (Å²) in [7, 11) is 0. The topological polar surface area (TPSA) is 82.8 Å². The minimum atomic E-state index is -1.43. The number of ether oxygens (including phenoxy) is 3. The van der Waals surface area contributed by atoms with Gasteiger partial charge in [0.1, 0.15) is 5.60 Å². The lowest BCUT2D eigenvalue weighted by molar-refractivity contribution is -0.262. The van der Waals surface area contributed by atoms with E-state index < -0.39 is 11.9 Å². The first-order chi connectivity index (χ1) is 17.0. The standard InChI is InChI=1S/C28H34N2O5/c1-4-7-10-18-19-11-8-9-12-23(19)29-25-20(18)16-30-24(25)15-22-21(26(30)31)17-35-27(28(22,32)5-2)34-14-13-33-6-3/h8-9,11-12,15,27,32H,4-7,10,13-14,16-17H2,1-3H3/t27-,28+/m1/s1. The number of aromatic nitrogens is 2. The van der Waals surface area contributed by atoms with Gasteiger partial charge >= 0.3 is 0 Å². The average Bonchev–Trinajstić information content (AvgIpc) is 3.24. The molecule has 0 unspecified atom stereocenters. The lowest BCUT2D eigenvalue weighted by Gasteiger charge is -2.40. The van der Waals surface area contributed by atoms with E-state index in [1.807, 2.05) is 38.1 Å².